The maximum Gasteiger partial charge on any atom is 0.152 e. The normalized spacial score (nSPS) is 14.5. The summed E-state index contributed by atoms with van der Waals surface area (Å²) in [5, 5.41) is 2.94. The molecule has 0 amide bonds. The molecule has 0 saturated heterocycles. The zero-order chi connectivity index (χ0) is 15.0. The van der Waals surface area contributed by atoms with Crippen LogP contribution in [0.4, 0.5) is 14.5 Å². The summed E-state index contributed by atoms with van der Waals surface area (Å²) in [6, 6.07) is 8.40. The lowest BCUT2D eigenvalue weighted by Gasteiger charge is -2.18. The van der Waals surface area contributed by atoms with Gasteiger partial charge in [0.15, 0.2) is 5.82 Å². The molecule has 0 aromatic heterocycles. The van der Waals surface area contributed by atoms with Gasteiger partial charge in [0.25, 0.3) is 0 Å². The van der Waals surface area contributed by atoms with Crippen molar-refractivity contribution in [3.8, 4) is 5.75 Å². The number of fused-ring (bicyclic) bond motifs is 1. The van der Waals surface area contributed by atoms with E-state index >= 15 is 0 Å². The van der Waals surface area contributed by atoms with Crippen LogP contribution >= 0.6 is 0 Å². The second-order valence-corrected chi connectivity index (χ2v) is 5.38. The zero-order valence-electron chi connectivity index (χ0n) is 12.0. The van der Waals surface area contributed by atoms with E-state index in [0.29, 0.717) is 12.2 Å². The van der Waals surface area contributed by atoms with Crippen molar-refractivity contribution in [2.45, 2.75) is 26.3 Å². The van der Waals surface area contributed by atoms with Gasteiger partial charge in [-0.25, -0.2) is 8.78 Å². The van der Waals surface area contributed by atoms with Crippen LogP contribution < -0.4 is 10.1 Å². The summed E-state index contributed by atoms with van der Waals surface area (Å²) in [6.45, 7) is 4.21. The van der Waals surface area contributed by atoms with E-state index in [1.54, 1.807) is 6.92 Å². The van der Waals surface area contributed by atoms with E-state index < -0.39 is 11.6 Å². The maximum atomic E-state index is 14.0. The van der Waals surface area contributed by atoms with Crippen LogP contribution in [0.3, 0.4) is 0 Å². The van der Waals surface area contributed by atoms with Gasteiger partial charge in [-0.15, -0.1) is 0 Å². The van der Waals surface area contributed by atoms with E-state index in [1.165, 1.54) is 12.1 Å². The third kappa shape index (κ3) is 2.58. The van der Waals surface area contributed by atoms with Gasteiger partial charge >= 0.3 is 0 Å². The van der Waals surface area contributed by atoms with Gasteiger partial charge in [0, 0.05) is 12.5 Å². The number of anilines is 1. The molecule has 0 saturated carbocycles. The first-order chi connectivity index (χ1) is 10.1. The minimum absolute atomic E-state index is 0.0701. The van der Waals surface area contributed by atoms with E-state index in [4.69, 9.17) is 4.74 Å². The molecule has 2 aromatic rings. The highest BCUT2D eigenvalue weighted by Gasteiger charge is 2.17. The van der Waals surface area contributed by atoms with Crippen LogP contribution in [0.25, 0.3) is 0 Å². The van der Waals surface area contributed by atoms with Gasteiger partial charge in [-0.3, -0.25) is 0 Å². The first-order valence-electron chi connectivity index (χ1n) is 7.03. The molecule has 0 spiro atoms. The number of aryl methyl sites for hydroxylation is 1. The second kappa shape index (κ2) is 5.35. The van der Waals surface area contributed by atoms with Crippen molar-refractivity contribution in [3.63, 3.8) is 0 Å². The summed E-state index contributed by atoms with van der Waals surface area (Å²) in [7, 11) is 0. The van der Waals surface area contributed by atoms with Crippen molar-refractivity contribution in [2.24, 2.45) is 0 Å². The SMILES string of the molecule is Cc1ccc(F)c(NC(C)c2ccc3c(c2)CCO3)c1F. The van der Waals surface area contributed by atoms with Gasteiger partial charge in [-0.05, 0) is 48.7 Å². The molecule has 1 atom stereocenters. The van der Waals surface area contributed by atoms with E-state index in [0.717, 1.165) is 23.3 Å². The van der Waals surface area contributed by atoms with Crippen LogP contribution in [0.15, 0.2) is 30.3 Å². The average Bonchev–Trinajstić information content (AvgIpc) is 2.94. The lowest BCUT2D eigenvalue weighted by molar-refractivity contribution is 0.357. The van der Waals surface area contributed by atoms with Gasteiger partial charge in [-0.2, -0.15) is 0 Å². The van der Waals surface area contributed by atoms with E-state index in [1.807, 2.05) is 25.1 Å². The lowest BCUT2D eigenvalue weighted by Crippen LogP contribution is -2.10. The van der Waals surface area contributed by atoms with Crippen LogP contribution in [0.1, 0.15) is 29.7 Å². The fraction of sp³-hybridized carbons (Fsp3) is 0.294. The summed E-state index contributed by atoms with van der Waals surface area (Å²) < 4.78 is 33.3. The standard InChI is InChI=1S/C17H17F2NO/c1-10-3-5-14(18)17(16(10)19)20-11(2)12-4-6-15-13(9-12)7-8-21-15/h3-6,9,11,20H,7-8H2,1-2H3. The van der Waals surface area contributed by atoms with E-state index in [2.05, 4.69) is 5.32 Å². The van der Waals surface area contributed by atoms with Crippen molar-refractivity contribution >= 4 is 5.69 Å². The number of hydrogen-bond acceptors (Lipinski definition) is 2. The maximum absolute atomic E-state index is 14.0. The Labute approximate surface area is 122 Å². The average molecular weight is 289 g/mol. The molecule has 0 radical (unpaired) electrons. The van der Waals surface area contributed by atoms with E-state index in [-0.39, 0.29) is 11.7 Å². The lowest BCUT2D eigenvalue weighted by atomic mass is 10.0. The van der Waals surface area contributed by atoms with Crippen molar-refractivity contribution in [3.05, 3.63) is 58.7 Å². The number of halogens is 2. The van der Waals surface area contributed by atoms with Crippen molar-refractivity contribution < 1.29 is 13.5 Å². The molecule has 21 heavy (non-hydrogen) atoms. The van der Waals surface area contributed by atoms with Crippen LogP contribution in [0.5, 0.6) is 5.75 Å². The Morgan fingerprint density at radius 2 is 2.00 bits per heavy atom. The van der Waals surface area contributed by atoms with Crippen LogP contribution in [0.2, 0.25) is 0 Å². The summed E-state index contributed by atoms with van der Waals surface area (Å²) in [4.78, 5) is 0. The third-order valence-electron chi connectivity index (χ3n) is 3.86. The zero-order valence-corrected chi connectivity index (χ0v) is 12.0. The Morgan fingerprint density at radius 1 is 1.19 bits per heavy atom. The summed E-state index contributed by atoms with van der Waals surface area (Å²) in [5.74, 6) is -0.209. The fourth-order valence-corrected chi connectivity index (χ4v) is 2.56. The van der Waals surface area contributed by atoms with E-state index in [9.17, 15) is 8.78 Å². The Balaban J connectivity index is 1.87. The minimum Gasteiger partial charge on any atom is -0.493 e. The summed E-state index contributed by atoms with van der Waals surface area (Å²) in [6.07, 6.45) is 0.878. The molecule has 4 heteroatoms. The molecule has 1 heterocycles. The van der Waals surface area contributed by atoms with Gasteiger partial charge in [0.1, 0.15) is 17.3 Å². The number of hydrogen-bond donors (Lipinski definition) is 1. The summed E-state index contributed by atoms with van der Waals surface area (Å²) in [5.41, 5.74) is 2.48. The highest BCUT2D eigenvalue weighted by molar-refractivity contribution is 5.51. The molecule has 1 aliphatic heterocycles. The van der Waals surface area contributed by atoms with Gasteiger partial charge in [-0.1, -0.05) is 12.1 Å². The van der Waals surface area contributed by atoms with Crippen molar-refractivity contribution in [1.29, 1.82) is 0 Å². The smallest absolute Gasteiger partial charge is 0.152 e. The van der Waals surface area contributed by atoms with Crippen molar-refractivity contribution in [1.82, 2.24) is 0 Å². The van der Waals surface area contributed by atoms with Gasteiger partial charge in [0.05, 0.1) is 6.61 Å². The molecule has 0 aliphatic carbocycles. The molecule has 110 valence electrons. The molecule has 3 rings (SSSR count). The number of nitrogens with one attached hydrogen (secondary N) is 1. The first kappa shape index (κ1) is 13.9. The molecule has 0 fully saturated rings. The molecule has 2 nitrogen and oxygen atoms in total. The third-order valence-corrected chi connectivity index (χ3v) is 3.86. The molecule has 1 unspecified atom stereocenters. The predicted octanol–water partition coefficient (Wildman–Crippen LogP) is 4.38. The molecule has 1 N–H and O–H groups in total. The molecule has 2 aromatic carbocycles. The Hall–Kier alpha value is -2.10. The molecule has 1 aliphatic rings. The number of benzene rings is 2. The number of rotatable bonds is 3. The van der Waals surface area contributed by atoms with Crippen LogP contribution in [0, 0.1) is 18.6 Å². The largest absolute Gasteiger partial charge is 0.493 e. The van der Waals surface area contributed by atoms with Crippen LogP contribution in [-0.2, 0) is 6.42 Å². The Kier molecular flexibility index (Phi) is 3.53. The monoisotopic (exact) mass is 289 g/mol. The fourth-order valence-electron chi connectivity index (χ4n) is 2.56. The topological polar surface area (TPSA) is 21.3 Å². The van der Waals surface area contributed by atoms with Gasteiger partial charge in [0.2, 0.25) is 0 Å². The Morgan fingerprint density at radius 3 is 2.81 bits per heavy atom. The minimum atomic E-state index is -0.575. The molecular weight excluding hydrogens is 272 g/mol. The predicted molar refractivity (Wildman–Crippen MR) is 78.8 cm³/mol. The highest BCUT2D eigenvalue weighted by atomic mass is 19.1. The van der Waals surface area contributed by atoms with Gasteiger partial charge < -0.3 is 10.1 Å². The van der Waals surface area contributed by atoms with Crippen LogP contribution in [-0.4, -0.2) is 6.61 Å². The quantitative estimate of drug-likeness (QED) is 0.905. The van der Waals surface area contributed by atoms with Crippen molar-refractivity contribution in [2.75, 3.05) is 11.9 Å². The number of ether oxygens (including phenoxy) is 1. The molecule has 0 bridgehead atoms. The second-order valence-electron chi connectivity index (χ2n) is 5.38. The highest BCUT2D eigenvalue weighted by Crippen LogP contribution is 2.31. The first-order valence-corrected chi connectivity index (χ1v) is 7.03. The summed E-state index contributed by atoms with van der Waals surface area (Å²) >= 11 is 0. The molecular formula is C17H17F2NO. The Bertz CT molecular complexity index is 685.